The van der Waals surface area contributed by atoms with Gasteiger partial charge in [-0.3, -0.25) is 0 Å². The number of aromatic nitrogens is 1. The number of hydrogen-bond acceptors (Lipinski definition) is 5. The molecule has 0 radical (unpaired) electrons. The minimum absolute atomic E-state index is 0.0996. The third-order valence-corrected chi connectivity index (χ3v) is 5.74. The van der Waals surface area contributed by atoms with Gasteiger partial charge in [0.15, 0.2) is 5.03 Å². The van der Waals surface area contributed by atoms with Crippen molar-refractivity contribution in [1.29, 1.82) is 0 Å². The normalized spacial score (nSPS) is 17.2. The van der Waals surface area contributed by atoms with Crippen molar-refractivity contribution in [1.82, 2.24) is 15.0 Å². The lowest BCUT2D eigenvalue weighted by molar-refractivity contribution is 0.476. The molecule has 0 spiro atoms. The van der Waals surface area contributed by atoms with Crippen LogP contribution in [0.4, 0.5) is 0 Å². The number of nitrogens with zero attached hydrogens (tertiary/aromatic N) is 1. The Hall–Kier alpha value is -0.630. The van der Waals surface area contributed by atoms with E-state index in [1.807, 2.05) is 18.8 Å². The fraction of sp³-hybridized carbons (Fsp3) is 0.615. The van der Waals surface area contributed by atoms with Gasteiger partial charge in [0, 0.05) is 19.3 Å². The van der Waals surface area contributed by atoms with Crippen LogP contribution in [0.3, 0.4) is 0 Å². The first kappa shape index (κ1) is 15.8. The molecular weight excluding hydrogens is 294 g/mol. The first-order valence-electron chi connectivity index (χ1n) is 6.79. The molecule has 1 saturated heterocycles. The van der Waals surface area contributed by atoms with Gasteiger partial charge in [-0.15, -0.1) is 0 Å². The molecule has 0 aromatic carbocycles. The molecule has 1 aliphatic rings. The van der Waals surface area contributed by atoms with E-state index in [9.17, 15) is 8.42 Å². The fourth-order valence-electron chi connectivity index (χ4n) is 2.13. The molecule has 20 heavy (non-hydrogen) atoms. The Balaban J connectivity index is 1.94. The quantitative estimate of drug-likeness (QED) is 0.826. The van der Waals surface area contributed by atoms with Gasteiger partial charge < -0.3 is 5.32 Å². The number of hydrogen-bond donors (Lipinski definition) is 2. The van der Waals surface area contributed by atoms with Crippen molar-refractivity contribution >= 4 is 21.8 Å². The van der Waals surface area contributed by atoms with E-state index in [4.69, 9.17) is 0 Å². The van der Waals surface area contributed by atoms with Crippen LogP contribution < -0.4 is 10.0 Å². The highest BCUT2D eigenvalue weighted by Crippen LogP contribution is 2.22. The lowest BCUT2D eigenvalue weighted by Gasteiger charge is -2.21. The average Bonchev–Trinajstić information content (AvgIpc) is 2.47. The largest absolute Gasteiger partial charge is 0.316 e. The zero-order valence-electron chi connectivity index (χ0n) is 11.6. The molecule has 1 aliphatic heterocycles. The summed E-state index contributed by atoms with van der Waals surface area (Å²) in [5.74, 6) is 2.71. The smallest absolute Gasteiger partial charge is 0.258 e. The summed E-state index contributed by atoms with van der Waals surface area (Å²) >= 11 is 1.94. The van der Waals surface area contributed by atoms with E-state index in [-0.39, 0.29) is 5.03 Å². The van der Waals surface area contributed by atoms with Crippen molar-refractivity contribution in [3.63, 3.8) is 0 Å². The maximum atomic E-state index is 12.1. The van der Waals surface area contributed by atoms with Gasteiger partial charge in [-0.1, -0.05) is 6.07 Å². The predicted octanol–water partition coefficient (Wildman–Crippen LogP) is 1.22. The average molecular weight is 315 g/mol. The van der Waals surface area contributed by atoms with E-state index >= 15 is 0 Å². The molecule has 112 valence electrons. The summed E-state index contributed by atoms with van der Waals surface area (Å²) in [6.45, 7) is 1.20. The Morgan fingerprint density at radius 2 is 2.10 bits per heavy atom. The van der Waals surface area contributed by atoms with Gasteiger partial charge in [-0.2, -0.15) is 11.8 Å². The maximum absolute atomic E-state index is 12.1. The van der Waals surface area contributed by atoms with Crippen LogP contribution in [0.25, 0.3) is 0 Å². The van der Waals surface area contributed by atoms with Gasteiger partial charge >= 0.3 is 0 Å². The van der Waals surface area contributed by atoms with Gasteiger partial charge in [-0.05, 0) is 48.9 Å². The monoisotopic (exact) mass is 315 g/mol. The molecule has 0 amide bonds. The van der Waals surface area contributed by atoms with Crippen LogP contribution >= 0.6 is 11.8 Å². The van der Waals surface area contributed by atoms with Crippen molar-refractivity contribution in [2.75, 3.05) is 25.1 Å². The number of rotatable bonds is 6. The minimum atomic E-state index is -3.48. The zero-order valence-corrected chi connectivity index (χ0v) is 13.3. The van der Waals surface area contributed by atoms with Crippen molar-refractivity contribution in [3.05, 3.63) is 23.9 Å². The van der Waals surface area contributed by atoms with Crippen LogP contribution in [-0.4, -0.2) is 38.5 Å². The van der Waals surface area contributed by atoms with Crippen molar-refractivity contribution < 1.29 is 8.42 Å². The van der Waals surface area contributed by atoms with Crippen molar-refractivity contribution in [3.8, 4) is 0 Å². The fourth-order valence-corrected chi connectivity index (χ4v) is 4.38. The van der Waals surface area contributed by atoms with E-state index in [2.05, 4.69) is 15.0 Å². The third-order valence-electron chi connectivity index (χ3n) is 3.36. The summed E-state index contributed by atoms with van der Waals surface area (Å²) in [6, 6.07) is 3.35. The molecule has 1 fully saturated rings. The highest BCUT2D eigenvalue weighted by Gasteiger charge is 2.19. The minimum Gasteiger partial charge on any atom is -0.316 e. The summed E-state index contributed by atoms with van der Waals surface area (Å²) in [6.07, 6.45) is 3.77. The number of nitrogens with one attached hydrogen (secondary N) is 2. The second kappa shape index (κ2) is 7.40. The summed E-state index contributed by atoms with van der Waals surface area (Å²) in [5.41, 5.74) is 0.968. The standard InChI is InChI=1S/C13H21N3O2S2/c1-14-8-12-2-3-13(15-9-12)20(17,18)16-10-11-4-6-19-7-5-11/h2-3,9,11,14,16H,4-8,10H2,1H3. The summed E-state index contributed by atoms with van der Waals surface area (Å²) < 4.78 is 27.0. The molecule has 2 heterocycles. The van der Waals surface area contributed by atoms with Crippen LogP contribution in [0.5, 0.6) is 0 Å². The zero-order chi connectivity index (χ0) is 14.4. The summed E-state index contributed by atoms with van der Waals surface area (Å²) in [4.78, 5) is 4.04. The van der Waals surface area contributed by atoms with Crippen LogP contribution in [0.1, 0.15) is 18.4 Å². The lowest BCUT2D eigenvalue weighted by atomic mass is 10.0. The number of sulfonamides is 1. The number of pyridine rings is 1. The lowest BCUT2D eigenvalue weighted by Crippen LogP contribution is -2.31. The Morgan fingerprint density at radius 3 is 2.70 bits per heavy atom. The molecule has 5 nitrogen and oxygen atoms in total. The van der Waals surface area contributed by atoms with Gasteiger partial charge in [0.05, 0.1) is 0 Å². The Morgan fingerprint density at radius 1 is 1.35 bits per heavy atom. The first-order chi connectivity index (χ1) is 9.62. The molecule has 0 atom stereocenters. The molecule has 7 heteroatoms. The molecular formula is C13H21N3O2S2. The van der Waals surface area contributed by atoms with Gasteiger partial charge in [0.25, 0.3) is 10.0 Å². The van der Waals surface area contributed by atoms with Crippen LogP contribution in [-0.2, 0) is 16.6 Å². The SMILES string of the molecule is CNCc1ccc(S(=O)(=O)NCC2CCSCC2)nc1. The van der Waals surface area contributed by atoms with Crippen LogP contribution in [0, 0.1) is 5.92 Å². The number of thioether (sulfide) groups is 1. The molecule has 0 aliphatic carbocycles. The third kappa shape index (κ3) is 4.44. The van der Waals surface area contributed by atoms with E-state index in [1.54, 1.807) is 18.3 Å². The molecule has 2 N–H and O–H groups in total. The molecule has 0 saturated carbocycles. The highest BCUT2D eigenvalue weighted by atomic mass is 32.2. The van der Waals surface area contributed by atoms with E-state index < -0.39 is 10.0 Å². The highest BCUT2D eigenvalue weighted by molar-refractivity contribution is 7.99. The second-order valence-electron chi connectivity index (χ2n) is 4.94. The first-order valence-corrected chi connectivity index (χ1v) is 9.42. The van der Waals surface area contributed by atoms with E-state index in [1.165, 1.54) is 0 Å². The topological polar surface area (TPSA) is 71.1 Å². The second-order valence-corrected chi connectivity index (χ2v) is 7.88. The van der Waals surface area contributed by atoms with Crippen LogP contribution in [0.2, 0.25) is 0 Å². The predicted molar refractivity (Wildman–Crippen MR) is 82.2 cm³/mol. The summed E-state index contributed by atoms with van der Waals surface area (Å²) in [5, 5.41) is 3.10. The Kier molecular flexibility index (Phi) is 5.83. The van der Waals surface area contributed by atoms with Crippen molar-refractivity contribution in [2.45, 2.75) is 24.4 Å². The van der Waals surface area contributed by atoms with Gasteiger partial charge in [0.1, 0.15) is 0 Å². The molecule has 0 unspecified atom stereocenters. The Bertz CT molecular complexity index is 511. The molecule has 0 bridgehead atoms. The molecule has 1 aromatic rings. The summed E-state index contributed by atoms with van der Waals surface area (Å²) in [7, 11) is -1.64. The van der Waals surface area contributed by atoms with Crippen LogP contribution in [0.15, 0.2) is 23.4 Å². The van der Waals surface area contributed by atoms with Gasteiger partial charge in [0.2, 0.25) is 0 Å². The Labute approximate surface area is 125 Å². The molecule has 1 aromatic heterocycles. The molecule has 2 rings (SSSR count). The maximum Gasteiger partial charge on any atom is 0.258 e. The van der Waals surface area contributed by atoms with E-state index in [0.717, 1.165) is 29.9 Å². The van der Waals surface area contributed by atoms with Gasteiger partial charge in [-0.25, -0.2) is 18.1 Å². The van der Waals surface area contributed by atoms with E-state index in [0.29, 0.717) is 19.0 Å². The van der Waals surface area contributed by atoms with Crippen molar-refractivity contribution in [2.24, 2.45) is 5.92 Å².